The summed E-state index contributed by atoms with van der Waals surface area (Å²) in [6.07, 6.45) is 2.86. The maximum atomic E-state index is 5.27. The van der Waals surface area contributed by atoms with Gasteiger partial charge >= 0.3 is 0 Å². The van der Waals surface area contributed by atoms with Crippen molar-refractivity contribution >= 4 is 15.9 Å². The SMILES string of the molecule is C=CCCNCc1cc(OC)c(OC)cc1Br. The molecule has 1 aromatic carbocycles. The Morgan fingerprint density at radius 1 is 1.29 bits per heavy atom. The summed E-state index contributed by atoms with van der Waals surface area (Å²) in [5, 5.41) is 3.33. The van der Waals surface area contributed by atoms with Crippen molar-refractivity contribution in [3.8, 4) is 11.5 Å². The van der Waals surface area contributed by atoms with Crippen LogP contribution in [0.2, 0.25) is 0 Å². The van der Waals surface area contributed by atoms with E-state index in [1.54, 1.807) is 14.2 Å². The zero-order chi connectivity index (χ0) is 12.7. The second kappa shape index (κ2) is 7.35. The van der Waals surface area contributed by atoms with Crippen molar-refractivity contribution in [2.24, 2.45) is 0 Å². The molecule has 1 rings (SSSR count). The van der Waals surface area contributed by atoms with Gasteiger partial charge in [-0.15, -0.1) is 6.58 Å². The number of ether oxygens (including phenoxy) is 2. The largest absolute Gasteiger partial charge is 0.493 e. The number of hydrogen-bond acceptors (Lipinski definition) is 3. The Labute approximate surface area is 111 Å². The summed E-state index contributed by atoms with van der Waals surface area (Å²) in [7, 11) is 3.27. The molecule has 0 spiro atoms. The molecule has 17 heavy (non-hydrogen) atoms. The van der Waals surface area contributed by atoms with E-state index in [2.05, 4.69) is 27.8 Å². The minimum Gasteiger partial charge on any atom is -0.493 e. The van der Waals surface area contributed by atoms with Crippen LogP contribution in [0.5, 0.6) is 11.5 Å². The molecule has 0 bridgehead atoms. The quantitative estimate of drug-likeness (QED) is 0.620. The third-order valence-corrected chi connectivity index (χ3v) is 3.13. The third-order valence-electron chi connectivity index (χ3n) is 2.39. The lowest BCUT2D eigenvalue weighted by Crippen LogP contribution is -2.14. The predicted octanol–water partition coefficient (Wildman–Crippen LogP) is 3.13. The van der Waals surface area contributed by atoms with Crippen molar-refractivity contribution in [2.75, 3.05) is 20.8 Å². The Hall–Kier alpha value is -1.00. The fraction of sp³-hybridized carbons (Fsp3) is 0.385. The molecule has 0 heterocycles. The lowest BCUT2D eigenvalue weighted by molar-refractivity contribution is 0.354. The first kappa shape index (κ1) is 14.1. The number of benzene rings is 1. The Morgan fingerprint density at radius 3 is 2.53 bits per heavy atom. The van der Waals surface area contributed by atoms with E-state index in [1.807, 2.05) is 18.2 Å². The van der Waals surface area contributed by atoms with Gasteiger partial charge in [0.1, 0.15) is 0 Å². The topological polar surface area (TPSA) is 30.5 Å². The first-order valence-electron chi connectivity index (χ1n) is 5.45. The van der Waals surface area contributed by atoms with Gasteiger partial charge in [-0.3, -0.25) is 0 Å². The van der Waals surface area contributed by atoms with Gasteiger partial charge in [0.25, 0.3) is 0 Å². The minimum atomic E-state index is 0.731. The van der Waals surface area contributed by atoms with Gasteiger partial charge in [0.15, 0.2) is 11.5 Å². The monoisotopic (exact) mass is 299 g/mol. The summed E-state index contributed by atoms with van der Waals surface area (Å²) in [4.78, 5) is 0. The molecule has 0 fully saturated rings. The molecule has 1 N–H and O–H groups in total. The average molecular weight is 300 g/mol. The second-order valence-electron chi connectivity index (χ2n) is 3.55. The molecule has 1 aromatic rings. The van der Waals surface area contributed by atoms with Gasteiger partial charge in [-0.25, -0.2) is 0 Å². The van der Waals surface area contributed by atoms with Crippen LogP contribution in [0.4, 0.5) is 0 Å². The molecule has 94 valence electrons. The number of methoxy groups -OCH3 is 2. The van der Waals surface area contributed by atoms with E-state index in [1.165, 1.54) is 0 Å². The summed E-state index contributed by atoms with van der Waals surface area (Å²) in [5.41, 5.74) is 1.15. The van der Waals surface area contributed by atoms with Gasteiger partial charge < -0.3 is 14.8 Å². The number of hydrogen-bond donors (Lipinski definition) is 1. The van der Waals surface area contributed by atoms with Gasteiger partial charge in [-0.1, -0.05) is 22.0 Å². The van der Waals surface area contributed by atoms with E-state index in [-0.39, 0.29) is 0 Å². The highest BCUT2D eigenvalue weighted by atomic mass is 79.9. The van der Waals surface area contributed by atoms with Crippen molar-refractivity contribution < 1.29 is 9.47 Å². The Bertz CT molecular complexity index is 380. The maximum absolute atomic E-state index is 5.27. The van der Waals surface area contributed by atoms with E-state index in [4.69, 9.17) is 9.47 Å². The maximum Gasteiger partial charge on any atom is 0.161 e. The van der Waals surface area contributed by atoms with Crippen LogP contribution in [-0.2, 0) is 6.54 Å². The normalized spacial score (nSPS) is 10.1. The van der Waals surface area contributed by atoms with Crippen LogP contribution in [0, 0.1) is 0 Å². The van der Waals surface area contributed by atoms with Crippen LogP contribution in [-0.4, -0.2) is 20.8 Å². The Kier molecular flexibility index (Phi) is 6.08. The zero-order valence-electron chi connectivity index (χ0n) is 10.3. The highest BCUT2D eigenvalue weighted by Crippen LogP contribution is 2.33. The summed E-state index contributed by atoms with van der Waals surface area (Å²) in [5.74, 6) is 1.48. The lowest BCUT2D eigenvalue weighted by Gasteiger charge is -2.12. The summed E-state index contributed by atoms with van der Waals surface area (Å²) >= 11 is 3.52. The molecule has 0 aliphatic rings. The summed E-state index contributed by atoms with van der Waals surface area (Å²) in [6, 6.07) is 3.90. The van der Waals surface area contributed by atoms with Crippen LogP contribution in [0.15, 0.2) is 29.3 Å². The molecule has 0 saturated heterocycles. The Balaban J connectivity index is 2.74. The molecular formula is C13H18BrNO2. The molecule has 0 aliphatic carbocycles. The highest BCUT2D eigenvalue weighted by Gasteiger charge is 2.08. The van der Waals surface area contributed by atoms with Gasteiger partial charge in [-0.2, -0.15) is 0 Å². The smallest absolute Gasteiger partial charge is 0.161 e. The molecule has 0 unspecified atom stereocenters. The van der Waals surface area contributed by atoms with Gasteiger partial charge in [0, 0.05) is 11.0 Å². The molecule has 0 aromatic heterocycles. The molecule has 0 atom stereocenters. The van der Waals surface area contributed by atoms with Gasteiger partial charge in [0.2, 0.25) is 0 Å². The van der Waals surface area contributed by atoms with Crippen molar-refractivity contribution in [3.05, 3.63) is 34.8 Å². The van der Waals surface area contributed by atoms with Crippen LogP contribution in [0.1, 0.15) is 12.0 Å². The number of nitrogens with one attached hydrogen (secondary N) is 1. The van der Waals surface area contributed by atoms with Crippen molar-refractivity contribution in [1.82, 2.24) is 5.32 Å². The van der Waals surface area contributed by atoms with Crippen LogP contribution >= 0.6 is 15.9 Å². The van der Waals surface area contributed by atoms with E-state index in [9.17, 15) is 0 Å². The van der Waals surface area contributed by atoms with Crippen LogP contribution in [0.3, 0.4) is 0 Å². The van der Waals surface area contributed by atoms with E-state index >= 15 is 0 Å². The molecule has 0 amide bonds. The molecule has 4 heteroatoms. The third kappa shape index (κ3) is 4.06. The highest BCUT2D eigenvalue weighted by molar-refractivity contribution is 9.10. The fourth-order valence-electron chi connectivity index (χ4n) is 1.46. The zero-order valence-corrected chi connectivity index (χ0v) is 11.8. The van der Waals surface area contributed by atoms with Crippen LogP contribution < -0.4 is 14.8 Å². The van der Waals surface area contributed by atoms with E-state index < -0.39 is 0 Å². The summed E-state index contributed by atoms with van der Waals surface area (Å²) < 4.78 is 11.5. The first-order valence-corrected chi connectivity index (χ1v) is 6.24. The standard InChI is InChI=1S/C13H18BrNO2/c1-4-5-6-15-9-10-7-12(16-2)13(17-3)8-11(10)14/h4,7-8,15H,1,5-6,9H2,2-3H3. The van der Waals surface area contributed by atoms with Crippen LogP contribution in [0.25, 0.3) is 0 Å². The first-order chi connectivity index (χ1) is 8.22. The number of rotatable bonds is 7. The van der Waals surface area contributed by atoms with Gasteiger partial charge in [0.05, 0.1) is 14.2 Å². The van der Waals surface area contributed by atoms with E-state index in [0.717, 1.165) is 41.0 Å². The predicted molar refractivity (Wildman–Crippen MR) is 73.8 cm³/mol. The van der Waals surface area contributed by atoms with Crippen molar-refractivity contribution in [1.29, 1.82) is 0 Å². The Morgan fingerprint density at radius 2 is 1.94 bits per heavy atom. The molecule has 0 aliphatic heterocycles. The minimum absolute atomic E-state index is 0.731. The van der Waals surface area contributed by atoms with Gasteiger partial charge in [-0.05, 0) is 30.7 Å². The summed E-state index contributed by atoms with van der Waals surface area (Å²) in [6.45, 7) is 5.39. The molecular weight excluding hydrogens is 282 g/mol. The average Bonchev–Trinajstić information content (AvgIpc) is 2.35. The lowest BCUT2D eigenvalue weighted by atomic mass is 10.2. The fourth-order valence-corrected chi connectivity index (χ4v) is 1.92. The molecule has 0 radical (unpaired) electrons. The second-order valence-corrected chi connectivity index (χ2v) is 4.41. The van der Waals surface area contributed by atoms with Crippen molar-refractivity contribution in [2.45, 2.75) is 13.0 Å². The molecule has 0 saturated carbocycles. The van der Waals surface area contributed by atoms with E-state index in [0.29, 0.717) is 0 Å². The molecule has 3 nitrogen and oxygen atoms in total. The number of halogens is 1. The van der Waals surface area contributed by atoms with Crippen molar-refractivity contribution in [3.63, 3.8) is 0 Å².